The fourth-order valence-corrected chi connectivity index (χ4v) is 1.88. The fourth-order valence-electron chi connectivity index (χ4n) is 0.917. The lowest BCUT2D eigenvalue weighted by molar-refractivity contribution is 0.595. The summed E-state index contributed by atoms with van der Waals surface area (Å²) < 4.78 is 0. The zero-order valence-electron chi connectivity index (χ0n) is 6.64. The first-order chi connectivity index (χ1) is 4.52. The van der Waals surface area contributed by atoms with E-state index in [1.54, 1.807) is 11.3 Å². The van der Waals surface area contributed by atoms with Gasteiger partial charge in [-0.1, -0.05) is 20.8 Å². The van der Waals surface area contributed by atoms with Gasteiger partial charge in [-0.3, -0.25) is 0 Å². The van der Waals surface area contributed by atoms with E-state index in [9.17, 15) is 0 Å². The minimum absolute atomic E-state index is 0.198. The lowest BCUT2D eigenvalue weighted by atomic mass is 9.88. The van der Waals surface area contributed by atoms with Gasteiger partial charge in [-0.2, -0.15) is 0 Å². The van der Waals surface area contributed by atoms with E-state index in [1.807, 2.05) is 5.38 Å². The highest BCUT2D eigenvalue weighted by atomic mass is 32.1. The molecule has 1 rings (SSSR count). The molecule has 2 N–H and O–H groups in total. The van der Waals surface area contributed by atoms with Crippen LogP contribution in [0, 0.1) is 0 Å². The molecule has 1 nitrogen and oxygen atoms in total. The minimum atomic E-state index is 0.198. The highest BCUT2D eigenvalue weighted by Crippen LogP contribution is 2.30. The van der Waals surface area contributed by atoms with E-state index < -0.39 is 0 Å². The molecule has 0 fully saturated rings. The van der Waals surface area contributed by atoms with Gasteiger partial charge in [0.25, 0.3) is 0 Å². The van der Waals surface area contributed by atoms with E-state index in [4.69, 9.17) is 5.73 Å². The molecule has 10 heavy (non-hydrogen) atoms. The predicted octanol–water partition coefficient (Wildman–Crippen LogP) is 2.63. The molecular formula is C8H13NS. The maximum atomic E-state index is 5.74. The smallest absolute Gasteiger partial charge is 0.0460 e. The summed E-state index contributed by atoms with van der Waals surface area (Å²) in [5.74, 6) is 0. The van der Waals surface area contributed by atoms with E-state index in [2.05, 4.69) is 26.2 Å². The predicted molar refractivity (Wildman–Crippen MR) is 47.4 cm³/mol. The highest BCUT2D eigenvalue weighted by Gasteiger charge is 2.16. The monoisotopic (exact) mass is 155 g/mol. The van der Waals surface area contributed by atoms with Crippen LogP contribution < -0.4 is 5.73 Å². The summed E-state index contributed by atoms with van der Waals surface area (Å²) in [6, 6.07) is 0. The Labute approximate surface area is 65.9 Å². The van der Waals surface area contributed by atoms with Crippen molar-refractivity contribution >= 4 is 17.0 Å². The maximum Gasteiger partial charge on any atom is 0.0460 e. The van der Waals surface area contributed by atoms with Crippen molar-refractivity contribution in [2.24, 2.45) is 0 Å². The molecular weight excluding hydrogens is 142 g/mol. The van der Waals surface area contributed by atoms with Crippen molar-refractivity contribution in [1.82, 2.24) is 0 Å². The second-order valence-electron chi connectivity index (χ2n) is 3.49. The topological polar surface area (TPSA) is 26.0 Å². The van der Waals surface area contributed by atoms with E-state index in [1.165, 1.54) is 5.56 Å². The Morgan fingerprint density at radius 3 is 2.10 bits per heavy atom. The van der Waals surface area contributed by atoms with Crippen LogP contribution in [-0.4, -0.2) is 0 Å². The van der Waals surface area contributed by atoms with Gasteiger partial charge in [-0.05, 0) is 16.4 Å². The molecule has 0 bridgehead atoms. The van der Waals surface area contributed by atoms with Crippen molar-refractivity contribution in [3.8, 4) is 0 Å². The van der Waals surface area contributed by atoms with E-state index in [0.29, 0.717) is 0 Å². The van der Waals surface area contributed by atoms with Gasteiger partial charge in [0.1, 0.15) is 0 Å². The average molecular weight is 155 g/mol. The molecule has 0 spiro atoms. The second-order valence-corrected chi connectivity index (χ2v) is 4.23. The van der Waals surface area contributed by atoms with Crippen LogP contribution in [-0.2, 0) is 5.41 Å². The summed E-state index contributed by atoms with van der Waals surface area (Å²) in [6.45, 7) is 6.52. The van der Waals surface area contributed by atoms with Gasteiger partial charge in [0.15, 0.2) is 0 Å². The Morgan fingerprint density at radius 1 is 1.30 bits per heavy atom. The molecule has 0 atom stereocenters. The summed E-state index contributed by atoms with van der Waals surface area (Å²) in [7, 11) is 0. The zero-order chi connectivity index (χ0) is 7.78. The highest BCUT2D eigenvalue weighted by molar-refractivity contribution is 7.08. The molecule has 0 aliphatic rings. The van der Waals surface area contributed by atoms with Gasteiger partial charge in [0.2, 0.25) is 0 Å². The van der Waals surface area contributed by atoms with Crippen molar-refractivity contribution in [2.45, 2.75) is 26.2 Å². The quantitative estimate of drug-likeness (QED) is 0.612. The van der Waals surface area contributed by atoms with Gasteiger partial charge in [0, 0.05) is 11.1 Å². The average Bonchev–Trinajstić information content (AvgIpc) is 2.11. The first-order valence-corrected chi connectivity index (χ1v) is 4.28. The van der Waals surface area contributed by atoms with Gasteiger partial charge in [-0.15, -0.1) is 11.3 Å². The van der Waals surface area contributed by atoms with Crippen molar-refractivity contribution in [1.29, 1.82) is 0 Å². The van der Waals surface area contributed by atoms with Crippen LogP contribution in [0.25, 0.3) is 0 Å². The molecule has 0 saturated carbocycles. The SMILES string of the molecule is CC(C)(C)c1cscc1N. The normalized spacial score (nSPS) is 11.9. The Balaban J connectivity index is 3.05. The number of hydrogen-bond acceptors (Lipinski definition) is 2. The van der Waals surface area contributed by atoms with Gasteiger partial charge < -0.3 is 5.73 Å². The molecule has 0 amide bonds. The third-order valence-corrected chi connectivity index (χ3v) is 2.26. The molecule has 56 valence electrons. The third-order valence-electron chi connectivity index (χ3n) is 1.50. The van der Waals surface area contributed by atoms with Gasteiger partial charge in [-0.25, -0.2) is 0 Å². The fraction of sp³-hybridized carbons (Fsp3) is 0.500. The number of anilines is 1. The molecule has 1 aromatic heterocycles. The number of nitrogens with two attached hydrogens (primary N) is 1. The van der Waals surface area contributed by atoms with Crippen molar-refractivity contribution < 1.29 is 0 Å². The second kappa shape index (κ2) is 2.27. The number of rotatable bonds is 0. The van der Waals surface area contributed by atoms with Crippen molar-refractivity contribution in [2.75, 3.05) is 5.73 Å². The van der Waals surface area contributed by atoms with Gasteiger partial charge >= 0.3 is 0 Å². The Morgan fingerprint density at radius 2 is 1.90 bits per heavy atom. The number of thiophene rings is 1. The lowest BCUT2D eigenvalue weighted by Crippen LogP contribution is -2.11. The lowest BCUT2D eigenvalue weighted by Gasteiger charge is -2.17. The summed E-state index contributed by atoms with van der Waals surface area (Å²) in [5.41, 5.74) is 8.13. The van der Waals surface area contributed by atoms with Crippen LogP contribution >= 0.6 is 11.3 Å². The minimum Gasteiger partial charge on any atom is -0.398 e. The van der Waals surface area contributed by atoms with Crippen LogP contribution in [0.1, 0.15) is 26.3 Å². The van der Waals surface area contributed by atoms with Crippen LogP contribution in [0.4, 0.5) is 5.69 Å². The van der Waals surface area contributed by atoms with Gasteiger partial charge in [0.05, 0.1) is 0 Å². The summed E-state index contributed by atoms with van der Waals surface area (Å²) >= 11 is 1.67. The van der Waals surface area contributed by atoms with Crippen LogP contribution in [0.2, 0.25) is 0 Å². The van der Waals surface area contributed by atoms with E-state index >= 15 is 0 Å². The molecule has 0 saturated heterocycles. The Kier molecular flexibility index (Phi) is 1.73. The van der Waals surface area contributed by atoms with Crippen LogP contribution in [0.3, 0.4) is 0 Å². The van der Waals surface area contributed by atoms with E-state index in [-0.39, 0.29) is 5.41 Å². The molecule has 1 heterocycles. The first-order valence-electron chi connectivity index (χ1n) is 3.34. The van der Waals surface area contributed by atoms with Crippen LogP contribution in [0.15, 0.2) is 10.8 Å². The molecule has 0 radical (unpaired) electrons. The van der Waals surface area contributed by atoms with E-state index in [0.717, 1.165) is 5.69 Å². The molecule has 0 unspecified atom stereocenters. The molecule has 0 aliphatic heterocycles. The van der Waals surface area contributed by atoms with Crippen molar-refractivity contribution in [3.63, 3.8) is 0 Å². The summed E-state index contributed by atoms with van der Waals surface area (Å²) in [5, 5.41) is 4.11. The summed E-state index contributed by atoms with van der Waals surface area (Å²) in [4.78, 5) is 0. The number of nitrogen functional groups attached to an aromatic ring is 1. The molecule has 0 aromatic carbocycles. The first kappa shape index (κ1) is 7.61. The zero-order valence-corrected chi connectivity index (χ0v) is 7.46. The molecule has 0 aliphatic carbocycles. The maximum absolute atomic E-state index is 5.74. The van der Waals surface area contributed by atoms with Crippen LogP contribution in [0.5, 0.6) is 0 Å². The largest absolute Gasteiger partial charge is 0.398 e. The Bertz CT molecular complexity index is 219. The standard InChI is InChI=1S/C8H13NS/c1-8(2,3)6-4-10-5-7(6)9/h4-5H,9H2,1-3H3. The Hall–Kier alpha value is -0.500. The van der Waals surface area contributed by atoms with Crippen molar-refractivity contribution in [3.05, 3.63) is 16.3 Å². The molecule has 1 aromatic rings. The summed E-state index contributed by atoms with van der Waals surface area (Å²) in [6.07, 6.45) is 0. The number of hydrogen-bond donors (Lipinski definition) is 1. The molecule has 2 heteroatoms. The third kappa shape index (κ3) is 1.32.